The summed E-state index contributed by atoms with van der Waals surface area (Å²) in [6.07, 6.45) is -0.674. The molecule has 1 aromatic heterocycles. The van der Waals surface area contributed by atoms with Crippen LogP contribution in [0.25, 0.3) is 0 Å². The van der Waals surface area contributed by atoms with Crippen molar-refractivity contribution in [3.8, 4) is 0 Å². The van der Waals surface area contributed by atoms with Crippen LogP contribution in [0.4, 0.5) is 0 Å². The van der Waals surface area contributed by atoms with Gasteiger partial charge in [-0.25, -0.2) is 13.4 Å². The molecule has 0 amide bonds. The van der Waals surface area contributed by atoms with Crippen LogP contribution in [0.3, 0.4) is 0 Å². The first kappa shape index (κ1) is 19.7. The maximum atomic E-state index is 12.4. The van der Waals surface area contributed by atoms with E-state index in [9.17, 15) is 18.3 Å². The minimum absolute atomic E-state index is 0.184. The maximum Gasteiger partial charge on any atom is 0.230 e. The van der Waals surface area contributed by atoms with Crippen molar-refractivity contribution in [2.75, 3.05) is 0 Å². The van der Waals surface area contributed by atoms with Gasteiger partial charge in [0.1, 0.15) is 6.10 Å². The molecule has 0 saturated heterocycles. The van der Waals surface area contributed by atoms with Gasteiger partial charge in [-0.05, 0) is 24.5 Å². The SMILES string of the molecule is CC(C)C[C@H](N)C(=O)CC(O)C(N)(N)S(=O)(=O)c1ccccn1. The molecule has 1 heterocycles. The number of pyridine rings is 1. The molecule has 0 bridgehead atoms. The summed E-state index contributed by atoms with van der Waals surface area (Å²) in [5.74, 6) is -0.313. The molecular weight excluding hydrogens is 320 g/mol. The fourth-order valence-corrected chi connectivity index (χ4v) is 3.27. The molecule has 0 aliphatic rings. The second kappa shape index (κ2) is 7.45. The van der Waals surface area contributed by atoms with Gasteiger partial charge in [0.2, 0.25) is 14.8 Å². The number of hydrogen-bond acceptors (Lipinski definition) is 8. The third-order valence-corrected chi connectivity index (χ3v) is 5.43. The fraction of sp³-hybridized carbons (Fsp3) is 0.571. The molecule has 7 N–H and O–H groups in total. The fourth-order valence-electron chi connectivity index (χ4n) is 2.01. The van der Waals surface area contributed by atoms with Crippen LogP contribution in [-0.4, -0.2) is 41.4 Å². The zero-order valence-corrected chi connectivity index (χ0v) is 14.0. The first-order chi connectivity index (χ1) is 10.5. The van der Waals surface area contributed by atoms with Crippen LogP contribution < -0.4 is 17.2 Å². The van der Waals surface area contributed by atoms with E-state index >= 15 is 0 Å². The Morgan fingerprint density at radius 1 is 1.35 bits per heavy atom. The van der Waals surface area contributed by atoms with E-state index in [0.717, 1.165) is 0 Å². The van der Waals surface area contributed by atoms with Gasteiger partial charge in [0.05, 0.1) is 6.04 Å². The van der Waals surface area contributed by atoms with E-state index in [1.165, 1.54) is 24.4 Å². The Labute approximate surface area is 136 Å². The molecule has 1 rings (SSSR count). The number of carbonyl (C=O) groups excluding carboxylic acids is 1. The molecule has 1 aromatic rings. The van der Waals surface area contributed by atoms with E-state index < -0.39 is 39.2 Å². The minimum atomic E-state index is -4.33. The summed E-state index contributed by atoms with van der Waals surface area (Å²) in [5, 5.41) is 9.72. The summed E-state index contributed by atoms with van der Waals surface area (Å²) in [5.41, 5.74) is 17.0. The van der Waals surface area contributed by atoms with Gasteiger partial charge in [-0.2, -0.15) is 0 Å². The Balaban J connectivity index is 2.93. The lowest BCUT2D eigenvalue weighted by Crippen LogP contribution is -2.65. The monoisotopic (exact) mass is 344 g/mol. The third-order valence-electron chi connectivity index (χ3n) is 3.43. The van der Waals surface area contributed by atoms with Crippen molar-refractivity contribution in [3.63, 3.8) is 0 Å². The molecule has 0 aliphatic heterocycles. The van der Waals surface area contributed by atoms with Gasteiger partial charge >= 0.3 is 0 Å². The molecule has 8 nitrogen and oxygen atoms in total. The molecule has 2 atom stereocenters. The first-order valence-electron chi connectivity index (χ1n) is 7.20. The van der Waals surface area contributed by atoms with E-state index in [-0.39, 0.29) is 10.9 Å². The Morgan fingerprint density at radius 2 is 1.96 bits per heavy atom. The minimum Gasteiger partial charge on any atom is -0.388 e. The molecule has 23 heavy (non-hydrogen) atoms. The number of sulfone groups is 1. The molecule has 0 aromatic carbocycles. The highest BCUT2D eigenvalue weighted by Crippen LogP contribution is 2.21. The number of rotatable bonds is 8. The Kier molecular flexibility index (Phi) is 6.37. The smallest absolute Gasteiger partial charge is 0.230 e. The number of aliphatic hydroxyl groups is 1. The van der Waals surface area contributed by atoms with Crippen LogP contribution >= 0.6 is 0 Å². The van der Waals surface area contributed by atoms with Gasteiger partial charge in [0.15, 0.2) is 10.8 Å². The first-order valence-corrected chi connectivity index (χ1v) is 8.68. The number of carbonyl (C=O) groups is 1. The number of hydrogen-bond donors (Lipinski definition) is 4. The van der Waals surface area contributed by atoms with Crippen molar-refractivity contribution < 1.29 is 18.3 Å². The third kappa shape index (κ3) is 4.55. The summed E-state index contributed by atoms with van der Waals surface area (Å²) in [7, 11) is -4.33. The van der Waals surface area contributed by atoms with E-state index in [0.29, 0.717) is 6.42 Å². The second-order valence-corrected chi connectivity index (χ2v) is 8.08. The lowest BCUT2D eigenvalue weighted by atomic mass is 9.97. The lowest BCUT2D eigenvalue weighted by molar-refractivity contribution is -0.123. The van der Waals surface area contributed by atoms with Gasteiger partial charge in [-0.15, -0.1) is 0 Å². The largest absolute Gasteiger partial charge is 0.388 e. The summed E-state index contributed by atoms with van der Waals surface area (Å²) in [6.45, 7) is 3.79. The Hall–Kier alpha value is -1.39. The maximum absolute atomic E-state index is 12.4. The van der Waals surface area contributed by atoms with Crippen LogP contribution in [0.1, 0.15) is 26.7 Å². The molecule has 130 valence electrons. The molecule has 1 unspecified atom stereocenters. The predicted octanol–water partition coefficient (Wildman–Crippen LogP) is -0.880. The summed E-state index contributed by atoms with van der Waals surface area (Å²) >= 11 is 0. The molecule has 0 fully saturated rings. The summed E-state index contributed by atoms with van der Waals surface area (Å²) in [4.78, 5) is 13.1. The van der Waals surface area contributed by atoms with Crippen molar-refractivity contribution in [2.24, 2.45) is 23.1 Å². The van der Waals surface area contributed by atoms with E-state index in [2.05, 4.69) is 4.98 Å². The zero-order valence-electron chi connectivity index (χ0n) is 13.2. The van der Waals surface area contributed by atoms with Crippen molar-refractivity contribution >= 4 is 15.6 Å². The molecule has 0 radical (unpaired) electrons. The topological polar surface area (TPSA) is 162 Å². The van der Waals surface area contributed by atoms with Gasteiger partial charge in [0, 0.05) is 12.6 Å². The summed E-state index contributed by atoms with van der Waals surface area (Å²) in [6, 6.07) is 3.38. The normalized spacial score (nSPS) is 15.4. The number of Topliss-reactive ketones (excluding diaryl/α,β-unsaturated/α-hetero) is 1. The lowest BCUT2D eigenvalue weighted by Gasteiger charge is -2.29. The highest BCUT2D eigenvalue weighted by atomic mass is 32.2. The predicted molar refractivity (Wildman–Crippen MR) is 85.6 cm³/mol. The highest BCUT2D eigenvalue weighted by Gasteiger charge is 2.45. The standard InChI is InChI=1S/C14H24N4O4S/c1-9(2)7-10(15)11(19)8-12(20)14(16,17)23(21,22)13-5-3-4-6-18-13/h3-6,9-10,12,20H,7-8,15-17H2,1-2H3/t10-,12?/m0/s1. The van der Waals surface area contributed by atoms with Crippen molar-refractivity contribution in [1.82, 2.24) is 4.98 Å². The average Bonchev–Trinajstić information content (AvgIpc) is 2.46. The average molecular weight is 344 g/mol. The zero-order chi connectivity index (χ0) is 17.8. The van der Waals surface area contributed by atoms with E-state index in [1.807, 2.05) is 13.8 Å². The number of nitrogens with two attached hydrogens (primary N) is 3. The molecule has 0 aliphatic carbocycles. The molecule has 0 spiro atoms. The van der Waals surface area contributed by atoms with Crippen LogP contribution in [0.2, 0.25) is 0 Å². The summed E-state index contributed by atoms with van der Waals surface area (Å²) < 4.78 is 24.8. The number of nitrogens with zero attached hydrogens (tertiary/aromatic N) is 1. The van der Waals surface area contributed by atoms with Gasteiger partial charge in [-0.1, -0.05) is 19.9 Å². The van der Waals surface area contributed by atoms with Crippen molar-refractivity contribution in [2.45, 2.75) is 48.9 Å². The molecule has 0 saturated carbocycles. The second-order valence-electron chi connectivity index (χ2n) is 5.95. The quantitative estimate of drug-likeness (QED) is 0.442. The van der Waals surface area contributed by atoms with Crippen molar-refractivity contribution in [3.05, 3.63) is 24.4 Å². The van der Waals surface area contributed by atoms with E-state index in [4.69, 9.17) is 17.2 Å². The number of aliphatic hydroxyl groups excluding tert-OH is 1. The van der Waals surface area contributed by atoms with E-state index in [1.54, 1.807) is 0 Å². The molecule has 9 heteroatoms. The number of ketones is 1. The Bertz CT molecular complexity index is 631. The van der Waals surface area contributed by atoms with Gasteiger partial charge < -0.3 is 10.8 Å². The van der Waals surface area contributed by atoms with Crippen LogP contribution in [0, 0.1) is 5.92 Å². The number of aromatic nitrogens is 1. The van der Waals surface area contributed by atoms with Gasteiger partial charge in [-0.3, -0.25) is 16.3 Å². The Morgan fingerprint density at radius 3 is 2.43 bits per heavy atom. The van der Waals surface area contributed by atoms with Gasteiger partial charge in [0.25, 0.3) is 0 Å². The molecular formula is C14H24N4O4S. The van der Waals surface area contributed by atoms with Crippen LogP contribution in [0.15, 0.2) is 29.4 Å². The highest BCUT2D eigenvalue weighted by molar-refractivity contribution is 7.92. The van der Waals surface area contributed by atoms with Crippen molar-refractivity contribution in [1.29, 1.82) is 0 Å². The van der Waals surface area contributed by atoms with Crippen LogP contribution in [-0.2, 0) is 14.6 Å². The van der Waals surface area contributed by atoms with Crippen LogP contribution in [0.5, 0.6) is 0 Å².